The SMILES string of the molecule is CCC(=O)[SH](CCNC(=O)CCNC(=O)C(O)C(C)(C)COP(=O)(O)OP(=O)(O)OC[C@H]1O[C@@H](n2cnc3c(N)ncnc32)[C@H](O)[C@@H]1OP(=O)(O)O)C(=O)CCN. The molecule has 57 heavy (non-hydrogen) atoms. The maximum absolute atomic E-state index is 12.7. The number of anilines is 1. The van der Waals surface area contributed by atoms with Crippen molar-refractivity contribution in [3.8, 4) is 0 Å². The Balaban J connectivity index is 1.51. The molecule has 1 aliphatic rings. The van der Waals surface area contributed by atoms with Gasteiger partial charge in [0.2, 0.25) is 11.8 Å². The van der Waals surface area contributed by atoms with Gasteiger partial charge in [0.15, 0.2) is 27.9 Å². The molecule has 1 fully saturated rings. The van der Waals surface area contributed by atoms with Crippen LogP contribution in [0, 0.1) is 5.41 Å². The second kappa shape index (κ2) is 20.4. The van der Waals surface area contributed by atoms with Crippen LogP contribution in [0.3, 0.4) is 0 Å². The van der Waals surface area contributed by atoms with Crippen LogP contribution in [0.25, 0.3) is 11.2 Å². The molecule has 26 nitrogen and oxygen atoms in total. The highest BCUT2D eigenvalue weighted by Crippen LogP contribution is 2.61. The van der Waals surface area contributed by atoms with Crippen LogP contribution in [0.4, 0.5) is 5.82 Å². The average molecular weight is 897 g/mol. The molecule has 2 aromatic rings. The van der Waals surface area contributed by atoms with Crippen molar-refractivity contribution in [2.75, 3.05) is 44.3 Å². The summed E-state index contributed by atoms with van der Waals surface area (Å²) in [6, 6.07) is 0. The summed E-state index contributed by atoms with van der Waals surface area (Å²) in [7, 11) is -18.1. The van der Waals surface area contributed by atoms with E-state index in [1.165, 1.54) is 13.8 Å². The monoisotopic (exact) mass is 896 g/mol. The molecule has 12 N–H and O–H groups in total. The van der Waals surface area contributed by atoms with Gasteiger partial charge >= 0.3 is 23.5 Å². The maximum atomic E-state index is 12.7. The number of phosphoric ester groups is 3. The molecule has 0 spiro atoms. The van der Waals surface area contributed by atoms with Crippen molar-refractivity contribution in [3.05, 3.63) is 12.7 Å². The third-order valence-corrected chi connectivity index (χ3v) is 13.5. The topological polar surface area (TPSA) is 407 Å². The van der Waals surface area contributed by atoms with E-state index in [1.54, 1.807) is 6.92 Å². The molecule has 2 amide bonds. The third-order valence-electron chi connectivity index (χ3n) is 8.00. The number of carbonyl (C=O) groups is 4. The fraction of sp³-hybridized carbons (Fsp3) is 0.667. The van der Waals surface area contributed by atoms with E-state index in [9.17, 15) is 62.7 Å². The van der Waals surface area contributed by atoms with Crippen molar-refractivity contribution in [2.24, 2.45) is 11.1 Å². The number of hydrogen-bond acceptors (Lipinski definition) is 19. The number of fused-ring (bicyclic) bond motifs is 1. The van der Waals surface area contributed by atoms with E-state index in [1.807, 2.05) is 0 Å². The first-order valence-electron chi connectivity index (χ1n) is 16.8. The number of nitrogens with zero attached hydrogens (tertiary/aromatic N) is 4. The molecular formula is C27H47N8O18P3S. The standard InChI is InChI=1S/C27H47N8O18P3S/c1-4-17(37)57(18(38)5-7-28)10-9-30-16(36)6-8-31-25(41)22(40)27(2,3)12-50-56(47,48)53-55(45,46)49-11-15-21(52-54(42,43)44)20(39)26(51-15)35-14-34-19-23(29)32-13-33-24(19)35/h13-15,20-22,26,39-40,57H,4-12,28H2,1-3H3,(H,30,36)(H,31,41)(H,45,46)(H,47,48)(H2,29,32,33)(H2,42,43,44)/t15-,20-,21-,22?,26-/m1/s1. The first kappa shape index (κ1) is 48.6. The zero-order valence-electron chi connectivity index (χ0n) is 30.7. The number of aromatic nitrogens is 4. The van der Waals surface area contributed by atoms with Crippen LogP contribution in [-0.4, -0.2) is 134 Å². The fourth-order valence-electron chi connectivity index (χ4n) is 5.08. The van der Waals surface area contributed by atoms with Gasteiger partial charge in [-0.2, -0.15) is 4.31 Å². The number of thiol groups is 1. The van der Waals surface area contributed by atoms with E-state index < -0.39 is 95.4 Å². The lowest BCUT2D eigenvalue weighted by molar-refractivity contribution is -0.137. The highest BCUT2D eigenvalue weighted by molar-refractivity contribution is 8.41. The molecule has 3 heterocycles. The number of aliphatic hydroxyl groups is 2. The van der Waals surface area contributed by atoms with Crippen LogP contribution in [0.15, 0.2) is 12.7 Å². The molecule has 1 aliphatic heterocycles. The summed E-state index contributed by atoms with van der Waals surface area (Å²) < 4.78 is 62.1. The molecule has 8 atom stereocenters. The van der Waals surface area contributed by atoms with Crippen LogP contribution < -0.4 is 22.1 Å². The molecular weight excluding hydrogens is 849 g/mol. The molecule has 1 saturated heterocycles. The summed E-state index contributed by atoms with van der Waals surface area (Å²) in [6.45, 7) is 1.89. The highest BCUT2D eigenvalue weighted by atomic mass is 32.2. The lowest BCUT2D eigenvalue weighted by atomic mass is 9.87. The Kier molecular flexibility index (Phi) is 17.4. The van der Waals surface area contributed by atoms with Crippen molar-refractivity contribution in [2.45, 2.75) is 70.7 Å². The summed E-state index contributed by atoms with van der Waals surface area (Å²) in [5.41, 5.74) is 9.61. The van der Waals surface area contributed by atoms with E-state index in [2.05, 4.69) is 34.4 Å². The minimum absolute atomic E-state index is 0.0215. The highest BCUT2D eigenvalue weighted by Gasteiger charge is 2.50. The zero-order chi connectivity index (χ0) is 42.9. The number of nitrogens with one attached hydrogen (secondary N) is 2. The number of rotatable bonds is 22. The number of aliphatic hydroxyl groups excluding tert-OH is 2. The normalized spacial score (nSPS) is 22.3. The molecule has 0 bridgehead atoms. The number of amides is 2. The number of carbonyl (C=O) groups excluding carboxylic acids is 4. The molecule has 324 valence electrons. The summed E-state index contributed by atoms with van der Waals surface area (Å²) in [5, 5.41) is 25.8. The maximum Gasteiger partial charge on any atom is 0.481 e. The summed E-state index contributed by atoms with van der Waals surface area (Å²) in [5.74, 6) is -1.46. The molecule has 3 rings (SSSR count). The summed E-state index contributed by atoms with van der Waals surface area (Å²) in [4.78, 5) is 100. The minimum Gasteiger partial charge on any atom is -0.386 e. The van der Waals surface area contributed by atoms with Gasteiger partial charge in [0, 0.05) is 50.1 Å². The van der Waals surface area contributed by atoms with Crippen LogP contribution >= 0.6 is 34.4 Å². The molecule has 0 radical (unpaired) electrons. The Hall–Kier alpha value is -2.81. The minimum atomic E-state index is -5.59. The lowest BCUT2D eigenvalue weighted by Crippen LogP contribution is -2.46. The van der Waals surface area contributed by atoms with Crippen molar-refractivity contribution in [1.29, 1.82) is 0 Å². The quantitative estimate of drug-likeness (QED) is 0.0459. The van der Waals surface area contributed by atoms with E-state index in [-0.39, 0.29) is 71.9 Å². The zero-order valence-corrected chi connectivity index (χ0v) is 34.3. The van der Waals surface area contributed by atoms with Crippen LogP contribution in [0.2, 0.25) is 0 Å². The Labute approximate surface area is 327 Å². The lowest BCUT2D eigenvalue weighted by Gasteiger charge is -2.30. The van der Waals surface area contributed by atoms with Crippen molar-refractivity contribution < 1.29 is 85.3 Å². The Bertz CT molecular complexity index is 1900. The third kappa shape index (κ3) is 14.2. The van der Waals surface area contributed by atoms with Crippen molar-refractivity contribution in [3.63, 3.8) is 0 Å². The predicted octanol–water partition coefficient (Wildman–Crippen LogP) is -1.78. The van der Waals surface area contributed by atoms with Gasteiger partial charge in [-0.05, 0) is 0 Å². The second-order valence-corrected chi connectivity index (χ2v) is 19.4. The number of hydrogen-bond donors (Lipinski definition) is 11. The molecule has 4 unspecified atom stereocenters. The van der Waals surface area contributed by atoms with Gasteiger partial charge < -0.3 is 56.6 Å². The van der Waals surface area contributed by atoms with Gasteiger partial charge in [-0.1, -0.05) is 20.8 Å². The number of nitrogens with two attached hydrogens (primary N) is 2. The summed E-state index contributed by atoms with van der Waals surface area (Å²) >= 11 is 0. The van der Waals surface area contributed by atoms with E-state index in [0.29, 0.717) is 0 Å². The van der Waals surface area contributed by atoms with Crippen molar-refractivity contribution in [1.82, 2.24) is 30.2 Å². The largest absolute Gasteiger partial charge is 0.481 e. The fourth-order valence-corrected chi connectivity index (χ4v) is 9.81. The molecule has 0 aliphatic carbocycles. The van der Waals surface area contributed by atoms with Crippen LogP contribution in [0.1, 0.15) is 46.3 Å². The van der Waals surface area contributed by atoms with E-state index >= 15 is 0 Å². The Morgan fingerprint density at radius 3 is 2.32 bits per heavy atom. The van der Waals surface area contributed by atoms with Gasteiger partial charge in [-0.3, -0.25) is 37.3 Å². The smallest absolute Gasteiger partial charge is 0.386 e. The van der Waals surface area contributed by atoms with Gasteiger partial charge in [-0.25, -0.2) is 28.6 Å². The van der Waals surface area contributed by atoms with Gasteiger partial charge in [0.1, 0.15) is 36.3 Å². The predicted molar refractivity (Wildman–Crippen MR) is 197 cm³/mol. The first-order valence-corrected chi connectivity index (χ1v) is 22.9. The van der Waals surface area contributed by atoms with Crippen LogP contribution in [-0.2, 0) is 55.5 Å². The molecule has 30 heteroatoms. The van der Waals surface area contributed by atoms with Gasteiger partial charge in [0.05, 0.1) is 19.5 Å². The summed E-state index contributed by atoms with van der Waals surface area (Å²) in [6.07, 6.45) is -6.88. The Morgan fingerprint density at radius 1 is 1.02 bits per heavy atom. The first-order chi connectivity index (χ1) is 26.4. The van der Waals surface area contributed by atoms with E-state index in [0.717, 1.165) is 17.2 Å². The molecule has 0 aromatic carbocycles. The second-order valence-electron chi connectivity index (χ2n) is 12.9. The number of nitrogen functional groups attached to an aromatic ring is 1. The van der Waals surface area contributed by atoms with Crippen LogP contribution in [0.5, 0.6) is 0 Å². The van der Waals surface area contributed by atoms with Gasteiger partial charge in [-0.15, -0.1) is 10.9 Å². The van der Waals surface area contributed by atoms with Gasteiger partial charge in [0.25, 0.3) is 0 Å². The average Bonchev–Trinajstić information content (AvgIpc) is 3.67. The number of imidazole rings is 1. The number of phosphoric acid groups is 3. The van der Waals surface area contributed by atoms with Crippen molar-refractivity contribution >= 4 is 73.4 Å². The number of ether oxygens (including phenoxy) is 1. The molecule has 2 aromatic heterocycles. The van der Waals surface area contributed by atoms with E-state index in [4.69, 9.17) is 25.3 Å². The molecule has 0 saturated carbocycles. The Morgan fingerprint density at radius 2 is 1.68 bits per heavy atom.